The van der Waals surface area contributed by atoms with Crippen molar-refractivity contribution >= 4 is 0 Å². The highest BCUT2D eigenvalue weighted by molar-refractivity contribution is 5.43. The zero-order valence-corrected chi connectivity index (χ0v) is 15.3. The van der Waals surface area contributed by atoms with E-state index >= 15 is 0 Å². The number of para-hydroxylation sites is 1. The van der Waals surface area contributed by atoms with Gasteiger partial charge < -0.3 is 19.1 Å². The van der Waals surface area contributed by atoms with Gasteiger partial charge in [0.05, 0.1) is 14.2 Å². The van der Waals surface area contributed by atoms with E-state index < -0.39 is 0 Å². The Hall–Kier alpha value is -2.46. The standard InChI is InChI=1S/C21H27NO3/c1-5-14-25-19-9-7-6-8-18(19)16-22(2)13-12-17-10-11-20(23-3)21(15-17)24-4/h5-11,15H,1,12-14,16H2,2-4H3. The first-order chi connectivity index (χ1) is 12.2. The van der Waals surface area contributed by atoms with E-state index in [9.17, 15) is 0 Å². The van der Waals surface area contributed by atoms with Gasteiger partial charge in [0.2, 0.25) is 0 Å². The Balaban J connectivity index is 1.95. The molecule has 25 heavy (non-hydrogen) atoms. The van der Waals surface area contributed by atoms with E-state index in [0.29, 0.717) is 6.61 Å². The zero-order valence-electron chi connectivity index (χ0n) is 15.3. The zero-order chi connectivity index (χ0) is 18.1. The first kappa shape index (κ1) is 18.9. The summed E-state index contributed by atoms with van der Waals surface area (Å²) >= 11 is 0. The van der Waals surface area contributed by atoms with Gasteiger partial charge in [-0.15, -0.1) is 0 Å². The average Bonchev–Trinajstić information content (AvgIpc) is 2.65. The highest BCUT2D eigenvalue weighted by atomic mass is 16.5. The molecule has 0 aliphatic carbocycles. The van der Waals surface area contributed by atoms with Crippen LogP contribution in [0.15, 0.2) is 55.1 Å². The molecule has 0 bridgehead atoms. The summed E-state index contributed by atoms with van der Waals surface area (Å²) in [7, 11) is 5.43. The number of hydrogen-bond acceptors (Lipinski definition) is 4. The summed E-state index contributed by atoms with van der Waals surface area (Å²) in [6.45, 7) is 5.99. The van der Waals surface area contributed by atoms with Crippen LogP contribution < -0.4 is 14.2 Å². The molecule has 0 spiro atoms. The van der Waals surface area contributed by atoms with Crippen LogP contribution in [0.4, 0.5) is 0 Å². The van der Waals surface area contributed by atoms with Gasteiger partial charge in [-0.05, 0) is 37.2 Å². The molecule has 0 unspecified atom stereocenters. The van der Waals surface area contributed by atoms with Crippen LogP contribution in [0.2, 0.25) is 0 Å². The van der Waals surface area contributed by atoms with Crippen LogP contribution in [0.25, 0.3) is 0 Å². The van der Waals surface area contributed by atoms with Crippen LogP contribution in [-0.2, 0) is 13.0 Å². The van der Waals surface area contributed by atoms with Gasteiger partial charge in [0.25, 0.3) is 0 Å². The molecule has 134 valence electrons. The number of ether oxygens (including phenoxy) is 3. The van der Waals surface area contributed by atoms with Crippen molar-refractivity contribution in [2.45, 2.75) is 13.0 Å². The van der Waals surface area contributed by atoms with Crippen LogP contribution in [-0.4, -0.2) is 39.3 Å². The summed E-state index contributed by atoms with van der Waals surface area (Å²) in [6.07, 6.45) is 2.70. The normalized spacial score (nSPS) is 10.6. The van der Waals surface area contributed by atoms with Gasteiger partial charge >= 0.3 is 0 Å². The third-order valence-electron chi connectivity index (χ3n) is 4.00. The molecule has 0 amide bonds. The molecule has 0 heterocycles. The number of likely N-dealkylation sites (N-methyl/N-ethyl adjacent to an activating group) is 1. The van der Waals surface area contributed by atoms with Gasteiger partial charge in [0.1, 0.15) is 12.4 Å². The molecule has 0 saturated heterocycles. The van der Waals surface area contributed by atoms with Crippen molar-refractivity contribution in [1.82, 2.24) is 4.90 Å². The summed E-state index contributed by atoms with van der Waals surface area (Å²) in [5.74, 6) is 2.44. The molecule has 0 fully saturated rings. The molecule has 2 aromatic rings. The molecule has 0 atom stereocenters. The summed E-state index contributed by atoms with van der Waals surface area (Å²) in [5, 5.41) is 0. The van der Waals surface area contributed by atoms with Crippen molar-refractivity contribution < 1.29 is 14.2 Å². The second kappa shape index (κ2) is 9.74. The van der Waals surface area contributed by atoms with E-state index in [0.717, 1.165) is 36.8 Å². The lowest BCUT2D eigenvalue weighted by atomic mass is 10.1. The molecule has 0 N–H and O–H groups in total. The van der Waals surface area contributed by atoms with Crippen molar-refractivity contribution in [2.24, 2.45) is 0 Å². The molecule has 2 rings (SSSR count). The molecule has 2 aromatic carbocycles. The Kier molecular flexibility index (Phi) is 7.36. The van der Waals surface area contributed by atoms with Gasteiger partial charge in [0.15, 0.2) is 11.5 Å². The Morgan fingerprint density at radius 2 is 1.76 bits per heavy atom. The van der Waals surface area contributed by atoms with Gasteiger partial charge in [-0.1, -0.05) is 36.9 Å². The molecule has 0 saturated carbocycles. The van der Waals surface area contributed by atoms with Gasteiger partial charge in [-0.2, -0.15) is 0 Å². The quantitative estimate of drug-likeness (QED) is 0.613. The van der Waals surface area contributed by atoms with Crippen molar-refractivity contribution in [3.8, 4) is 17.2 Å². The van der Waals surface area contributed by atoms with Crippen LogP contribution in [0, 0.1) is 0 Å². The maximum absolute atomic E-state index is 5.73. The number of nitrogens with zero attached hydrogens (tertiary/aromatic N) is 1. The summed E-state index contributed by atoms with van der Waals surface area (Å²) in [6, 6.07) is 14.2. The minimum atomic E-state index is 0.520. The lowest BCUT2D eigenvalue weighted by Crippen LogP contribution is -2.21. The number of benzene rings is 2. The predicted octanol–water partition coefficient (Wildman–Crippen LogP) is 3.94. The first-order valence-corrected chi connectivity index (χ1v) is 8.39. The van der Waals surface area contributed by atoms with E-state index in [1.165, 1.54) is 11.1 Å². The van der Waals surface area contributed by atoms with Crippen LogP contribution in [0.3, 0.4) is 0 Å². The molecule has 4 heteroatoms. The summed E-state index contributed by atoms with van der Waals surface area (Å²) in [5.41, 5.74) is 2.40. The summed E-state index contributed by atoms with van der Waals surface area (Å²) in [4.78, 5) is 2.28. The highest BCUT2D eigenvalue weighted by Crippen LogP contribution is 2.27. The van der Waals surface area contributed by atoms with Crippen molar-refractivity contribution in [2.75, 3.05) is 34.4 Å². The fourth-order valence-electron chi connectivity index (χ4n) is 2.65. The lowest BCUT2D eigenvalue weighted by molar-refractivity contribution is 0.312. The monoisotopic (exact) mass is 341 g/mol. The number of hydrogen-bond donors (Lipinski definition) is 0. The maximum Gasteiger partial charge on any atom is 0.160 e. The molecule has 0 aromatic heterocycles. The molecular weight excluding hydrogens is 314 g/mol. The SMILES string of the molecule is C=CCOc1ccccc1CN(C)CCc1ccc(OC)c(OC)c1. The highest BCUT2D eigenvalue weighted by Gasteiger charge is 2.08. The van der Waals surface area contributed by atoms with E-state index in [1.807, 2.05) is 30.3 Å². The Morgan fingerprint density at radius 1 is 1.00 bits per heavy atom. The topological polar surface area (TPSA) is 30.9 Å². The van der Waals surface area contributed by atoms with E-state index in [1.54, 1.807) is 20.3 Å². The average molecular weight is 341 g/mol. The van der Waals surface area contributed by atoms with Crippen molar-refractivity contribution in [3.05, 3.63) is 66.2 Å². The third kappa shape index (κ3) is 5.54. The Morgan fingerprint density at radius 3 is 2.48 bits per heavy atom. The van der Waals surface area contributed by atoms with E-state index in [4.69, 9.17) is 14.2 Å². The second-order valence-corrected chi connectivity index (χ2v) is 5.88. The second-order valence-electron chi connectivity index (χ2n) is 5.88. The van der Waals surface area contributed by atoms with Gasteiger partial charge in [-0.3, -0.25) is 0 Å². The minimum absolute atomic E-state index is 0.520. The molecular formula is C21H27NO3. The van der Waals surface area contributed by atoms with Crippen molar-refractivity contribution in [3.63, 3.8) is 0 Å². The number of methoxy groups -OCH3 is 2. The van der Waals surface area contributed by atoms with Crippen LogP contribution >= 0.6 is 0 Å². The molecule has 0 aliphatic rings. The molecule has 0 aliphatic heterocycles. The summed E-state index contributed by atoms with van der Waals surface area (Å²) < 4.78 is 16.4. The Bertz CT molecular complexity index is 685. The number of rotatable bonds is 10. The Labute approximate surface area is 150 Å². The third-order valence-corrected chi connectivity index (χ3v) is 4.00. The van der Waals surface area contributed by atoms with Crippen LogP contribution in [0.5, 0.6) is 17.2 Å². The molecule has 0 radical (unpaired) electrons. The van der Waals surface area contributed by atoms with Crippen molar-refractivity contribution in [1.29, 1.82) is 0 Å². The van der Waals surface area contributed by atoms with Gasteiger partial charge in [0, 0.05) is 18.7 Å². The van der Waals surface area contributed by atoms with Gasteiger partial charge in [-0.25, -0.2) is 0 Å². The minimum Gasteiger partial charge on any atom is -0.493 e. The predicted molar refractivity (Wildman–Crippen MR) is 102 cm³/mol. The molecule has 4 nitrogen and oxygen atoms in total. The van der Waals surface area contributed by atoms with E-state index in [2.05, 4.69) is 30.7 Å². The lowest BCUT2D eigenvalue weighted by Gasteiger charge is -2.19. The smallest absolute Gasteiger partial charge is 0.160 e. The maximum atomic E-state index is 5.73. The van der Waals surface area contributed by atoms with Crippen LogP contribution in [0.1, 0.15) is 11.1 Å². The fourth-order valence-corrected chi connectivity index (χ4v) is 2.65. The van der Waals surface area contributed by atoms with E-state index in [-0.39, 0.29) is 0 Å². The fraction of sp³-hybridized carbons (Fsp3) is 0.333. The largest absolute Gasteiger partial charge is 0.493 e. The first-order valence-electron chi connectivity index (χ1n) is 8.39.